The lowest BCUT2D eigenvalue weighted by atomic mass is 10.2. The molecule has 94 valence electrons. The summed E-state index contributed by atoms with van der Waals surface area (Å²) in [5.41, 5.74) is 6.72. The highest BCUT2D eigenvalue weighted by Crippen LogP contribution is 2.09. The normalized spacial score (nSPS) is 11.7. The van der Waals surface area contributed by atoms with Crippen molar-refractivity contribution in [1.29, 1.82) is 0 Å². The van der Waals surface area contributed by atoms with Gasteiger partial charge in [0, 0.05) is 18.0 Å². The summed E-state index contributed by atoms with van der Waals surface area (Å²) in [4.78, 5) is 15.6. The molecule has 0 fully saturated rings. The first-order valence-corrected chi connectivity index (χ1v) is 5.29. The Hall–Kier alpha value is -2.57. The fraction of sp³-hybridized carbons (Fsp3) is 0.182. The molecule has 0 aliphatic carbocycles. The summed E-state index contributed by atoms with van der Waals surface area (Å²) < 4.78 is 6.51. The van der Waals surface area contributed by atoms with Crippen molar-refractivity contribution < 1.29 is 14.7 Å². The Labute approximate surface area is 102 Å². The van der Waals surface area contributed by atoms with Gasteiger partial charge in [-0.3, -0.25) is 0 Å². The number of fused-ring (bicyclic) bond motifs is 1. The van der Waals surface area contributed by atoms with Crippen LogP contribution in [0.1, 0.15) is 23.0 Å². The van der Waals surface area contributed by atoms with Crippen LogP contribution in [0.4, 0.5) is 0 Å². The highest BCUT2D eigenvalue weighted by atomic mass is 16.5. The van der Waals surface area contributed by atoms with Gasteiger partial charge in [-0.1, -0.05) is 5.16 Å². The molecule has 0 amide bonds. The molecule has 0 atom stereocenters. The minimum Gasteiger partial charge on any atom is -0.461 e. The molecule has 0 spiro atoms. The summed E-state index contributed by atoms with van der Waals surface area (Å²) in [7, 11) is 0. The Morgan fingerprint density at radius 3 is 3.11 bits per heavy atom. The number of carbonyl (C=O) groups is 1. The van der Waals surface area contributed by atoms with Crippen molar-refractivity contribution in [3.05, 3.63) is 35.8 Å². The van der Waals surface area contributed by atoms with Gasteiger partial charge in [-0.2, -0.15) is 0 Å². The van der Waals surface area contributed by atoms with Gasteiger partial charge in [0.15, 0.2) is 11.5 Å². The van der Waals surface area contributed by atoms with E-state index in [9.17, 15) is 4.79 Å². The highest BCUT2D eigenvalue weighted by Gasteiger charge is 2.12. The molecule has 0 aromatic carbocycles. The third kappa shape index (κ3) is 2.10. The van der Waals surface area contributed by atoms with Gasteiger partial charge in [0.25, 0.3) is 0 Å². The molecule has 0 bridgehead atoms. The second kappa shape index (κ2) is 4.74. The number of oxime groups is 1. The zero-order chi connectivity index (χ0) is 13.1. The molecule has 0 aliphatic rings. The van der Waals surface area contributed by atoms with Gasteiger partial charge in [-0.05, 0) is 19.1 Å². The quantitative estimate of drug-likeness (QED) is 0.272. The molecule has 18 heavy (non-hydrogen) atoms. The minimum atomic E-state index is -0.480. The van der Waals surface area contributed by atoms with Crippen LogP contribution in [0.3, 0.4) is 0 Å². The monoisotopic (exact) mass is 248 g/mol. The number of amidine groups is 1. The lowest BCUT2D eigenvalue weighted by Gasteiger charge is -1.98. The molecule has 2 rings (SSSR count). The number of ether oxygens (including phenoxy) is 1. The maximum atomic E-state index is 11.5. The molecule has 0 radical (unpaired) electrons. The largest absolute Gasteiger partial charge is 0.461 e. The van der Waals surface area contributed by atoms with Gasteiger partial charge in [-0.15, -0.1) is 0 Å². The number of nitrogens with zero attached hydrogens (tertiary/aromatic N) is 3. The first-order valence-electron chi connectivity index (χ1n) is 5.29. The lowest BCUT2D eigenvalue weighted by Crippen LogP contribution is -2.13. The average molecular weight is 248 g/mol. The van der Waals surface area contributed by atoms with E-state index in [1.807, 2.05) is 0 Å². The van der Waals surface area contributed by atoms with E-state index in [1.165, 1.54) is 0 Å². The second-order valence-electron chi connectivity index (χ2n) is 3.51. The average Bonchev–Trinajstić information content (AvgIpc) is 2.80. The summed E-state index contributed by atoms with van der Waals surface area (Å²) in [5, 5.41) is 11.5. The van der Waals surface area contributed by atoms with Crippen LogP contribution in [0.5, 0.6) is 0 Å². The molecule has 0 unspecified atom stereocenters. The molecule has 0 saturated heterocycles. The summed E-state index contributed by atoms with van der Waals surface area (Å²) in [6, 6.07) is 3.26. The van der Waals surface area contributed by atoms with Gasteiger partial charge in [0.1, 0.15) is 5.65 Å². The van der Waals surface area contributed by atoms with E-state index in [4.69, 9.17) is 15.7 Å². The Balaban J connectivity index is 2.43. The predicted molar refractivity (Wildman–Crippen MR) is 63.7 cm³/mol. The van der Waals surface area contributed by atoms with Crippen molar-refractivity contribution in [3.8, 4) is 0 Å². The van der Waals surface area contributed by atoms with Crippen molar-refractivity contribution in [2.45, 2.75) is 6.92 Å². The number of imidazole rings is 1. The lowest BCUT2D eigenvalue weighted by molar-refractivity contribution is 0.0520. The first-order chi connectivity index (χ1) is 8.65. The van der Waals surface area contributed by atoms with E-state index in [1.54, 1.807) is 35.9 Å². The molecular weight excluding hydrogens is 236 g/mol. The van der Waals surface area contributed by atoms with Gasteiger partial charge in [0.2, 0.25) is 0 Å². The fourth-order valence-corrected chi connectivity index (χ4v) is 1.50. The van der Waals surface area contributed by atoms with Crippen LogP contribution in [-0.2, 0) is 4.74 Å². The fourth-order valence-electron chi connectivity index (χ4n) is 1.50. The molecule has 2 aromatic rings. The number of nitrogens with two attached hydrogens (primary N) is 1. The number of rotatable bonds is 3. The van der Waals surface area contributed by atoms with Crippen LogP contribution >= 0.6 is 0 Å². The van der Waals surface area contributed by atoms with E-state index >= 15 is 0 Å². The predicted octanol–water partition coefficient (Wildman–Crippen LogP) is 0.605. The van der Waals surface area contributed by atoms with Crippen LogP contribution in [0.25, 0.3) is 5.65 Å². The van der Waals surface area contributed by atoms with E-state index < -0.39 is 5.97 Å². The van der Waals surface area contributed by atoms with Gasteiger partial charge in [0.05, 0.1) is 6.61 Å². The number of pyridine rings is 1. The zero-order valence-electron chi connectivity index (χ0n) is 9.70. The maximum absolute atomic E-state index is 11.5. The van der Waals surface area contributed by atoms with Crippen molar-refractivity contribution in [1.82, 2.24) is 9.38 Å². The number of aromatic nitrogens is 2. The van der Waals surface area contributed by atoms with Gasteiger partial charge >= 0.3 is 5.97 Å². The summed E-state index contributed by atoms with van der Waals surface area (Å²) >= 11 is 0. The Kier molecular flexibility index (Phi) is 3.13. The smallest absolute Gasteiger partial charge is 0.358 e. The minimum absolute atomic E-state index is 0.0156. The van der Waals surface area contributed by atoms with E-state index in [2.05, 4.69) is 10.1 Å². The summed E-state index contributed by atoms with van der Waals surface area (Å²) in [6.07, 6.45) is 3.22. The van der Waals surface area contributed by atoms with Crippen molar-refractivity contribution in [2.75, 3.05) is 6.61 Å². The Bertz CT molecular complexity index is 618. The second-order valence-corrected chi connectivity index (χ2v) is 3.51. The SMILES string of the molecule is CCOC(=O)c1cn2ccc(C(N)=NO)cc2n1. The third-order valence-corrected chi connectivity index (χ3v) is 2.35. The first kappa shape index (κ1) is 11.9. The molecule has 2 aromatic heterocycles. The van der Waals surface area contributed by atoms with E-state index in [-0.39, 0.29) is 11.5 Å². The third-order valence-electron chi connectivity index (χ3n) is 2.35. The molecule has 7 nitrogen and oxygen atoms in total. The number of hydrogen-bond donors (Lipinski definition) is 2. The topological polar surface area (TPSA) is 102 Å². The molecule has 7 heteroatoms. The van der Waals surface area contributed by atoms with Crippen LogP contribution in [0.15, 0.2) is 29.7 Å². The van der Waals surface area contributed by atoms with E-state index in [0.29, 0.717) is 17.8 Å². The molecule has 0 aliphatic heterocycles. The Morgan fingerprint density at radius 2 is 2.44 bits per heavy atom. The molecular formula is C11H12N4O3. The molecule has 2 heterocycles. The van der Waals surface area contributed by atoms with Gasteiger partial charge in [-0.25, -0.2) is 9.78 Å². The van der Waals surface area contributed by atoms with Crippen molar-refractivity contribution in [3.63, 3.8) is 0 Å². The van der Waals surface area contributed by atoms with Crippen LogP contribution < -0.4 is 5.73 Å². The number of carbonyl (C=O) groups excluding carboxylic acids is 1. The molecule has 3 N–H and O–H groups in total. The maximum Gasteiger partial charge on any atom is 0.358 e. The summed E-state index contributed by atoms with van der Waals surface area (Å²) in [6.45, 7) is 2.02. The number of hydrogen-bond acceptors (Lipinski definition) is 5. The zero-order valence-corrected chi connectivity index (χ0v) is 9.70. The van der Waals surface area contributed by atoms with Crippen LogP contribution in [0.2, 0.25) is 0 Å². The van der Waals surface area contributed by atoms with Crippen LogP contribution in [-0.4, -0.2) is 33.0 Å². The highest BCUT2D eigenvalue weighted by molar-refractivity contribution is 5.98. The number of esters is 1. The Morgan fingerprint density at radius 1 is 1.67 bits per heavy atom. The standard InChI is InChI=1S/C11H12N4O3/c1-2-18-11(16)8-6-15-4-3-7(10(12)14-17)5-9(15)13-8/h3-6,17H,2H2,1H3,(H2,12,14). The van der Waals surface area contributed by atoms with Gasteiger partial charge < -0.3 is 20.1 Å². The van der Waals surface area contributed by atoms with Crippen molar-refractivity contribution >= 4 is 17.5 Å². The van der Waals surface area contributed by atoms with E-state index in [0.717, 1.165) is 0 Å². The van der Waals surface area contributed by atoms with Crippen molar-refractivity contribution in [2.24, 2.45) is 10.9 Å². The van der Waals surface area contributed by atoms with Crippen LogP contribution in [0, 0.1) is 0 Å². The summed E-state index contributed by atoms with van der Waals surface area (Å²) in [5.74, 6) is -0.496. The molecule has 0 saturated carbocycles.